The van der Waals surface area contributed by atoms with Crippen molar-refractivity contribution < 1.29 is 4.79 Å². The number of benzene rings is 1. The van der Waals surface area contributed by atoms with Crippen LogP contribution in [0.2, 0.25) is 0 Å². The van der Waals surface area contributed by atoms with E-state index in [9.17, 15) is 4.79 Å². The Hall–Kier alpha value is -1.61. The molecular formula is C14H18N2O. The molecule has 1 aromatic carbocycles. The topological polar surface area (TPSA) is 44.9 Å². The van der Waals surface area contributed by atoms with Gasteiger partial charge in [-0.25, -0.2) is 0 Å². The minimum atomic E-state index is 0.143. The molecule has 2 aromatic rings. The summed E-state index contributed by atoms with van der Waals surface area (Å²) in [5, 5.41) is 3.99. The molecule has 1 heterocycles. The highest BCUT2D eigenvalue weighted by Crippen LogP contribution is 2.28. The van der Waals surface area contributed by atoms with Gasteiger partial charge in [-0.1, -0.05) is 12.1 Å². The molecular weight excluding hydrogens is 212 g/mol. The monoisotopic (exact) mass is 230 g/mol. The first kappa shape index (κ1) is 11.9. The number of nitrogens with one attached hydrogen (secondary N) is 2. The van der Waals surface area contributed by atoms with Gasteiger partial charge in [-0.05, 0) is 38.9 Å². The largest absolute Gasteiger partial charge is 0.358 e. The van der Waals surface area contributed by atoms with Crippen LogP contribution in [0.1, 0.15) is 27.2 Å². The molecule has 0 amide bonds. The van der Waals surface area contributed by atoms with Gasteiger partial charge in [0.15, 0.2) is 5.78 Å². The molecule has 0 atom stereocenters. The van der Waals surface area contributed by atoms with Crippen molar-refractivity contribution in [2.75, 3.05) is 13.6 Å². The van der Waals surface area contributed by atoms with Crippen LogP contribution >= 0.6 is 0 Å². The number of fused-ring (bicyclic) bond motifs is 1. The van der Waals surface area contributed by atoms with Crippen molar-refractivity contribution in [1.29, 1.82) is 0 Å². The minimum Gasteiger partial charge on any atom is -0.358 e. The Kier molecular flexibility index (Phi) is 3.03. The third-order valence-electron chi connectivity index (χ3n) is 3.18. The number of H-pyrrole nitrogens is 1. The van der Waals surface area contributed by atoms with Crippen LogP contribution in [0.3, 0.4) is 0 Å². The number of carbonyl (C=O) groups is 1. The van der Waals surface area contributed by atoms with Crippen molar-refractivity contribution >= 4 is 16.7 Å². The van der Waals surface area contributed by atoms with E-state index in [1.807, 2.05) is 13.8 Å². The van der Waals surface area contributed by atoms with Gasteiger partial charge >= 0.3 is 0 Å². The van der Waals surface area contributed by atoms with Crippen molar-refractivity contribution in [1.82, 2.24) is 10.3 Å². The molecule has 2 N–H and O–H groups in total. The Bertz CT molecular complexity index is 581. The maximum Gasteiger partial charge on any atom is 0.179 e. The van der Waals surface area contributed by atoms with E-state index in [-0.39, 0.29) is 5.78 Å². The van der Waals surface area contributed by atoms with Crippen LogP contribution in [-0.2, 0) is 0 Å². The van der Waals surface area contributed by atoms with Crippen LogP contribution in [-0.4, -0.2) is 24.4 Å². The summed E-state index contributed by atoms with van der Waals surface area (Å²) in [6.45, 7) is 6.44. The molecule has 90 valence electrons. The molecule has 2 rings (SSSR count). The van der Waals surface area contributed by atoms with E-state index in [4.69, 9.17) is 0 Å². The smallest absolute Gasteiger partial charge is 0.179 e. The predicted octanol–water partition coefficient (Wildman–Crippen LogP) is 2.50. The lowest BCUT2D eigenvalue weighted by molar-refractivity contribution is 0.0994. The maximum absolute atomic E-state index is 12.1. The minimum absolute atomic E-state index is 0.143. The lowest BCUT2D eigenvalue weighted by Crippen LogP contribution is -2.19. The molecule has 0 fully saturated rings. The molecule has 17 heavy (non-hydrogen) atoms. The Morgan fingerprint density at radius 3 is 2.53 bits per heavy atom. The molecule has 0 saturated carbocycles. The average Bonchev–Trinajstić information content (AvgIpc) is 2.63. The van der Waals surface area contributed by atoms with Crippen molar-refractivity contribution in [2.45, 2.75) is 20.8 Å². The molecule has 3 heteroatoms. The lowest BCUT2D eigenvalue weighted by Gasteiger charge is -2.03. The maximum atomic E-state index is 12.1. The number of carbonyl (C=O) groups excluding carboxylic acids is 1. The SMILES string of the molecule is CNCC(=O)c1c(C)[nH]c2c(C)ccc(C)c12. The summed E-state index contributed by atoms with van der Waals surface area (Å²) in [7, 11) is 1.79. The first-order valence-corrected chi connectivity index (χ1v) is 5.82. The molecule has 3 nitrogen and oxygen atoms in total. The van der Waals surface area contributed by atoms with E-state index in [0.29, 0.717) is 6.54 Å². The third kappa shape index (κ3) is 1.87. The Morgan fingerprint density at radius 2 is 1.88 bits per heavy atom. The van der Waals surface area contributed by atoms with Gasteiger partial charge in [-0.15, -0.1) is 0 Å². The molecule has 1 aromatic heterocycles. The van der Waals surface area contributed by atoms with Gasteiger partial charge in [0, 0.05) is 22.2 Å². The van der Waals surface area contributed by atoms with E-state index < -0.39 is 0 Å². The molecule has 0 saturated heterocycles. The van der Waals surface area contributed by atoms with Crippen molar-refractivity contribution in [3.63, 3.8) is 0 Å². The third-order valence-corrected chi connectivity index (χ3v) is 3.18. The number of aromatic nitrogens is 1. The molecule has 0 aliphatic carbocycles. The van der Waals surface area contributed by atoms with Crippen LogP contribution in [0.15, 0.2) is 12.1 Å². The number of likely N-dealkylation sites (N-methyl/N-ethyl adjacent to an activating group) is 1. The fourth-order valence-electron chi connectivity index (χ4n) is 2.33. The summed E-state index contributed by atoms with van der Waals surface area (Å²) >= 11 is 0. The van der Waals surface area contributed by atoms with Crippen LogP contribution in [0.25, 0.3) is 10.9 Å². The molecule has 0 radical (unpaired) electrons. The molecule has 0 unspecified atom stereocenters. The number of Topliss-reactive ketones (excluding diaryl/α,β-unsaturated/α-hetero) is 1. The zero-order chi connectivity index (χ0) is 12.6. The van der Waals surface area contributed by atoms with Gasteiger partial charge in [0.1, 0.15) is 0 Å². The number of ketones is 1. The highest BCUT2D eigenvalue weighted by molar-refractivity contribution is 6.11. The standard InChI is InChI=1S/C14H18N2O/c1-8-5-6-9(2)14-12(8)13(10(3)16-14)11(17)7-15-4/h5-6,15-16H,7H2,1-4H3. The molecule has 0 bridgehead atoms. The predicted molar refractivity (Wildman–Crippen MR) is 70.8 cm³/mol. The van der Waals surface area contributed by atoms with Gasteiger partial charge in [-0.2, -0.15) is 0 Å². The fourth-order valence-corrected chi connectivity index (χ4v) is 2.33. The van der Waals surface area contributed by atoms with Crippen molar-refractivity contribution in [3.8, 4) is 0 Å². The number of aryl methyl sites for hydroxylation is 3. The summed E-state index contributed by atoms with van der Waals surface area (Å²) in [5.74, 6) is 0.143. The number of rotatable bonds is 3. The normalized spacial score (nSPS) is 11.1. The molecule has 0 spiro atoms. The number of hydrogen-bond acceptors (Lipinski definition) is 2. The van der Waals surface area contributed by atoms with Crippen LogP contribution in [0.5, 0.6) is 0 Å². The molecule has 0 aliphatic heterocycles. The first-order chi connectivity index (χ1) is 8.06. The van der Waals surface area contributed by atoms with Crippen LogP contribution in [0, 0.1) is 20.8 Å². The fraction of sp³-hybridized carbons (Fsp3) is 0.357. The Balaban J connectivity index is 2.74. The van der Waals surface area contributed by atoms with E-state index in [0.717, 1.165) is 27.7 Å². The van der Waals surface area contributed by atoms with Gasteiger partial charge in [0.2, 0.25) is 0 Å². The lowest BCUT2D eigenvalue weighted by atomic mass is 10.0. The van der Waals surface area contributed by atoms with E-state index >= 15 is 0 Å². The zero-order valence-electron chi connectivity index (χ0n) is 10.8. The van der Waals surface area contributed by atoms with Crippen LogP contribution in [0.4, 0.5) is 0 Å². The van der Waals surface area contributed by atoms with Gasteiger partial charge in [-0.3, -0.25) is 4.79 Å². The van der Waals surface area contributed by atoms with Crippen molar-refractivity contribution in [2.24, 2.45) is 0 Å². The Labute approximate surface area is 101 Å². The number of aromatic amines is 1. The zero-order valence-corrected chi connectivity index (χ0v) is 10.8. The Morgan fingerprint density at radius 1 is 1.24 bits per heavy atom. The highest BCUT2D eigenvalue weighted by atomic mass is 16.1. The second kappa shape index (κ2) is 4.34. The summed E-state index contributed by atoms with van der Waals surface area (Å²) in [6, 6.07) is 4.15. The van der Waals surface area contributed by atoms with E-state index in [1.165, 1.54) is 5.56 Å². The second-order valence-electron chi connectivity index (χ2n) is 4.53. The van der Waals surface area contributed by atoms with Gasteiger partial charge in [0.25, 0.3) is 0 Å². The summed E-state index contributed by atoms with van der Waals surface area (Å²) in [4.78, 5) is 15.4. The highest BCUT2D eigenvalue weighted by Gasteiger charge is 2.17. The summed E-state index contributed by atoms with van der Waals surface area (Å²) in [6.07, 6.45) is 0. The first-order valence-electron chi connectivity index (χ1n) is 5.82. The average molecular weight is 230 g/mol. The summed E-state index contributed by atoms with van der Waals surface area (Å²) in [5.41, 5.74) is 5.20. The second-order valence-corrected chi connectivity index (χ2v) is 4.53. The summed E-state index contributed by atoms with van der Waals surface area (Å²) < 4.78 is 0. The van der Waals surface area contributed by atoms with Crippen LogP contribution < -0.4 is 5.32 Å². The van der Waals surface area contributed by atoms with Gasteiger partial charge < -0.3 is 10.3 Å². The number of hydrogen-bond donors (Lipinski definition) is 2. The van der Waals surface area contributed by atoms with Gasteiger partial charge in [0.05, 0.1) is 6.54 Å². The quantitative estimate of drug-likeness (QED) is 0.796. The van der Waals surface area contributed by atoms with E-state index in [1.54, 1.807) is 7.05 Å². The van der Waals surface area contributed by atoms with Crippen molar-refractivity contribution in [3.05, 3.63) is 34.5 Å². The molecule has 0 aliphatic rings. The van der Waals surface area contributed by atoms with E-state index in [2.05, 4.69) is 29.4 Å².